The molecule has 54 heavy (non-hydrogen) atoms. The van der Waals surface area contributed by atoms with Gasteiger partial charge in [-0.3, -0.25) is 14.1 Å². The van der Waals surface area contributed by atoms with Crippen molar-refractivity contribution in [1.82, 2.24) is 0 Å². The first-order valence-corrected chi connectivity index (χ1v) is 21.7. The molecule has 304 valence electrons. The molecule has 0 radical (unpaired) electrons. The van der Waals surface area contributed by atoms with Crippen LogP contribution in [-0.4, -0.2) is 41.0 Å². The van der Waals surface area contributed by atoms with Gasteiger partial charge in [-0.2, -0.15) is 0 Å². The van der Waals surface area contributed by atoms with Gasteiger partial charge in [-0.05, 0) is 83.5 Å². The van der Waals surface area contributed by atoms with Gasteiger partial charge in [0.05, 0.1) is 6.61 Å². The van der Waals surface area contributed by atoms with Gasteiger partial charge < -0.3 is 19.3 Å². The van der Waals surface area contributed by atoms with E-state index in [1.165, 1.54) is 38.5 Å². The van der Waals surface area contributed by atoms with Gasteiger partial charge in [0.15, 0.2) is 6.10 Å². The predicted octanol–water partition coefficient (Wildman–Crippen LogP) is 12.4. The normalized spacial score (nSPS) is 13.6. The van der Waals surface area contributed by atoms with Crippen molar-refractivity contribution in [3.05, 3.63) is 109 Å². The Morgan fingerprint density at radius 1 is 0.500 bits per heavy atom. The maximum absolute atomic E-state index is 12.4. The lowest BCUT2D eigenvalue weighted by Crippen LogP contribution is -2.29. The fourth-order valence-electron chi connectivity index (χ4n) is 4.82. The highest BCUT2D eigenvalue weighted by Gasteiger charge is 2.22. The topological polar surface area (TPSA) is 119 Å². The first-order chi connectivity index (χ1) is 26.3. The van der Waals surface area contributed by atoms with Crippen LogP contribution in [0.25, 0.3) is 0 Å². The van der Waals surface area contributed by atoms with E-state index >= 15 is 0 Å². The highest BCUT2D eigenvalue weighted by Crippen LogP contribution is 2.35. The predicted molar refractivity (Wildman–Crippen MR) is 225 cm³/mol. The van der Waals surface area contributed by atoms with Crippen LogP contribution in [-0.2, 0) is 28.2 Å². The lowest BCUT2D eigenvalue weighted by molar-refractivity contribution is -0.161. The van der Waals surface area contributed by atoms with Crippen molar-refractivity contribution in [1.29, 1.82) is 0 Å². The van der Waals surface area contributed by atoms with Crippen molar-refractivity contribution in [3.8, 4) is 0 Å². The number of hydrogen-bond acceptors (Lipinski definition) is 6. The molecule has 0 amide bonds. The van der Waals surface area contributed by atoms with Crippen LogP contribution >= 0.6 is 7.82 Å². The van der Waals surface area contributed by atoms with Crippen LogP contribution in [0.15, 0.2) is 109 Å². The Kier molecular flexibility index (Phi) is 37.0. The summed E-state index contributed by atoms with van der Waals surface area (Å²) in [4.78, 5) is 42.7. The molecule has 0 heterocycles. The first kappa shape index (κ1) is 50.7. The summed E-state index contributed by atoms with van der Waals surface area (Å²) in [6.07, 6.45) is 55.4. The van der Waals surface area contributed by atoms with Crippen LogP contribution in [0.2, 0.25) is 0 Å². The van der Waals surface area contributed by atoms with E-state index in [1.807, 2.05) is 18.2 Å². The highest BCUT2D eigenvalue weighted by atomic mass is 31.2. The summed E-state index contributed by atoms with van der Waals surface area (Å²) in [5.41, 5.74) is 0. The van der Waals surface area contributed by atoms with Crippen LogP contribution in [0, 0.1) is 0 Å². The van der Waals surface area contributed by atoms with Gasteiger partial charge in [0, 0.05) is 12.8 Å². The van der Waals surface area contributed by atoms with E-state index in [9.17, 15) is 14.2 Å². The summed E-state index contributed by atoms with van der Waals surface area (Å²) >= 11 is 0. The van der Waals surface area contributed by atoms with E-state index in [2.05, 4.69) is 110 Å². The van der Waals surface area contributed by atoms with Crippen LogP contribution in [0.1, 0.15) is 142 Å². The Morgan fingerprint density at radius 2 is 0.926 bits per heavy atom. The number of carbonyl (C=O) groups is 2. The molecule has 0 aromatic rings. The summed E-state index contributed by atoms with van der Waals surface area (Å²) in [5.74, 6) is -1.06. The third kappa shape index (κ3) is 41.5. The van der Waals surface area contributed by atoms with E-state index < -0.39 is 32.5 Å². The average molecular weight is 771 g/mol. The summed E-state index contributed by atoms with van der Waals surface area (Å²) in [5, 5.41) is 0. The van der Waals surface area contributed by atoms with E-state index in [4.69, 9.17) is 19.3 Å². The van der Waals surface area contributed by atoms with Crippen molar-refractivity contribution in [3.63, 3.8) is 0 Å². The molecule has 1 atom stereocenters. The van der Waals surface area contributed by atoms with Gasteiger partial charge in [0.1, 0.15) is 6.61 Å². The fourth-order valence-corrected chi connectivity index (χ4v) is 5.19. The number of carbonyl (C=O) groups excluding carboxylic acids is 2. The summed E-state index contributed by atoms with van der Waals surface area (Å²) in [7, 11) is -4.79. The average Bonchev–Trinajstić information content (AvgIpc) is 3.14. The smallest absolute Gasteiger partial charge is 0.462 e. The monoisotopic (exact) mass is 770 g/mol. The molecule has 9 heteroatoms. The number of allylic oxidation sites excluding steroid dienone is 18. The summed E-state index contributed by atoms with van der Waals surface area (Å²) in [6.45, 7) is 3.44. The van der Waals surface area contributed by atoms with Crippen molar-refractivity contribution in [2.75, 3.05) is 13.2 Å². The molecule has 0 saturated carbocycles. The number of phosphoric ester groups is 1. The molecule has 8 nitrogen and oxygen atoms in total. The molecule has 0 fully saturated rings. The maximum atomic E-state index is 12.4. The Hall–Kier alpha value is -3.29. The van der Waals surface area contributed by atoms with Crippen LogP contribution < -0.4 is 0 Å². The third-order valence-electron chi connectivity index (χ3n) is 7.79. The Balaban J connectivity index is 4.19. The molecule has 0 bridgehead atoms. The number of rotatable bonds is 35. The van der Waals surface area contributed by atoms with Gasteiger partial charge in [0.2, 0.25) is 0 Å². The SMILES string of the molecule is CC/C=C\C/C=C\C/C=C\C/C=C\C/C=C\C/C=C\CCC(=O)O[C@H](COC(=O)CCC/C=C\C/C=C\C/C=C\CCCCCCCC)COP(=O)(O)O. The Morgan fingerprint density at radius 3 is 1.41 bits per heavy atom. The van der Waals surface area contributed by atoms with Gasteiger partial charge in [-0.15, -0.1) is 0 Å². The van der Waals surface area contributed by atoms with Gasteiger partial charge in [0.25, 0.3) is 0 Å². The molecule has 2 N–H and O–H groups in total. The Labute approximate surface area is 327 Å². The lowest BCUT2D eigenvalue weighted by atomic mass is 10.1. The van der Waals surface area contributed by atoms with Crippen molar-refractivity contribution < 1.29 is 37.9 Å². The Bertz CT molecular complexity index is 1230. The van der Waals surface area contributed by atoms with E-state index in [0.29, 0.717) is 12.8 Å². The lowest BCUT2D eigenvalue weighted by Gasteiger charge is -2.18. The van der Waals surface area contributed by atoms with Crippen molar-refractivity contribution >= 4 is 19.8 Å². The zero-order valence-corrected chi connectivity index (χ0v) is 34.2. The largest absolute Gasteiger partial charge is 0.469 e. The summed E-state index contributed by atoms with van der Waals surface area (Å²) < 4.78 is 26.2. The van der Waals surface area contributed by atoms with Gasteiger partial charge in [-0.25, -0.2) is 4.57 Å². The molecular weight excluding hydrogens is 699 g/mol. The molecule has 0 rings (SSSR count). The van der Waals surface area contributed by atoms with E-state index in [1.54, 1.807) is 0 Å². The molecule has 0 aliphatic rings. The fraction of sp³-hybridized carbons (Fsp3) is 0.556. The van der Waals surface area contributed by atoms with Crippen LogP contribution in [0.5, 0.6) is 0 Å². The van der Waals surface area contributed by atoms with Gasteiger partial charge >= 0.3 is 19.8 Å². The molecule has 0 saturated heterocycles. The van der Waals surface area contributed by atoms with Gasteiger partial charge in [-0.1, -0.05) is 155 Å². The highest BCUT2D eigenvalue weighted by molar-refractivity contribution is 7.46. The number of phosphoric acid groups is 1. The van der Waals surface area contributed by atoms with E-state index in [0.717, 1.165) is 64.2 Å². The molecule has 0 aromatic carbocycles. The van der Waals surface area contributed by atoms with Crippen LogP contribution in [0.4, 0.5) is 0 Å². The van der Waals surface area contributed by atoms with E-state index in [-0.39, 0.29) is 19.4 Å². The number of hydrogen-bond donors (Lipinski definition) is 2. The third-order valence-corrected chi connectivity index (χ3v) is 8.27. The number of esters is 2. The quantitative estimate of drug-likeness (QED) is 0.0283. The second-order valence-electron chi connectivity index (χ2n) is 12.9. The molecule has 0 unspecified atom stereocenters. The second-order valence-corrected chi connectivity index (χ2v) is 14.1. The minimum Gasteiger partial charge on any atom is -0.462 e. The number of unbranched alkanes of at least 4 members (excludes halogenated alkanes) is 7. The second kappa shape index (κ2) is 39.4. The minimum atomic E-state index is -4.79. The standard InChI is InChI=1S/C45H71O8P/c1-3-5-7-9-11-13-15-17-19-21-22-24-26-28-30-32-34-36-38-40-45(47)53-43(42-52-54(48,49)50)41-51-44(46)39-37-35-33-31-29-27-25-23-20-18-16-14-12-10-8-6-4-2/h5,7,11,13,17-20,22,24-25,27-28,30-31,33-34,36,43H,3-4,6,8-10,12,14-16,21,23,26,29,32,35,37-42H2,1-2H3,(H2,48,49,50)/b7-5-,13-11-,19-17-,20-18-,24-22-,27-25-,30-28-,33-31-,36-34-/t43-/m1/s1. The number of ether oxygens (including phenoxy) is 2. The molecule has 0 spiro atoms. The summed E-state index contributed by atoms with van der Waals surface area (Å²) in [6, 6.07) is 0. The van der Waals surface area contributed by atoms with Crippen LogP contribution in [0.3, 0.4) is 0 Å². The first-order valence-electron chi connectivity index (χ1n) is 20.2. The maximum Gasteiger partial charge on any atom is 0.469 e. The zero-order chi connectivity index (χ0) is 39.6. The molecule has 0 aliphatic carbocycles. The van der Waals surface area contributed by atoms with Crippen molar-refractivity contribution in [2.45, 2.75) is 148 Å². The molecule has 0 aromatic heterocycles. The molecule has 0 aliphatic heterocycles. The minimum absolute atomic E-state index is 0.0694. The zero-order valence-electron chi connectivity index (χ0n) is 33.3. The van der Waals surface area contributed by atoms with Crippen molar-refractivity contribution in [2.24, 2.45) is 0 Å². The molecular formula is C45H71O8P.